The van der Waals surface area contributed by atoms with Gasteiger partial charge in [0.05, 0.1) is 11.7 Å². The van der Waals surface area contributed by atoms with E-state index in [1.807, 2.05) is 18.2 Å². The largest absolute Gasteiger partial charge is 0.504 e. The van der Waals surface area contributed by atoms with Gasteiger partial charge in [0, 0.05) is 55.2 Å². The van der Waals surface area contributed by atoms with Crippen molar-refractivity contribution in [3.63, 3.8) is 0 Å². The lowest BCUT2D eigenvalue weighted by Gasteiger charge is -2.58. The lowest BCUT2D eigenvalue weighted by atomic mass is 9.51. The van der Waals surface area contributed by atoms with Crippen molar-refractivity contribution in [2.24, 2.45) is 5.92 Å². The van der Waals surface area contributed by atoms with E-state index in [4.69, 9.17) is 14.2 Å². The number of rotatable bonds is 6. The van der Waals surface area contributed by atoms with Gasteiger partial charge in [0.2, 0.25) is 0 Å². The molecule has 202 valence electrons. The zero-order valence-electron chi connectivity index (χ0n) is 22.7. The van der Waals surface area contributed by atoms with E-state index in [2.05, 4.69) is 36.9 Å². The van der Waals surface area contributed by atoms with Crippen LogP contribution in [0, 0.1) is 5.92 Å². The number of methoxy groups -OCH3 is 1. The predicted octanol–water partition coefficient (Wildman–Crippen LogP) is 4.84. The Morgan fingerprint density at radius 3 is 2.82 bits per heavy atom. The van der Waals surface area contributed by atoms with E-state index in [9.17, 15) is 9.90 Å². The summed E-state index contributed by atoms with van der Waals surface area (Å²) in [6.45, 7) is 6.99. The standard InChI is InChI=1S/C32H39NO5/c1-19(31(2,36-3)21-8-5-4-6-9-21)23-16-20-17-25-24-11-12-26(34)30-32(24,27(20)29(38-30)28(23)35)13-14-33(25)18-22-10-7-15-37-22/h4-6,8-9,16,19,22,24-25,30,35H,7,10-15,17-18H2,1-3H3/t19?,22?,24-,25+,30?,31?,32-/m0/s1. The zero-order valence-corrected chi connectivity index (χ0v) is 22.7. The number of nitrogens with zero attached hydrogens (tertiary/aromatic N) is 1. The molecule has 1 spiro atoms. The van der Waals surface area contributed by atoms with Crippen molar-refractivity contribution in [1.29, 1.82) is 0 Å². The summed E-state index contributed by atoms with van der Waals surface area (Å²) in [7, 11) is 1.73. The molecule has 3 aliphatic heterocycles. The molecule has 6 heteroatoms. The maximum Gasteiger partial charge on any atom is 0.174 e. The molecule has 0 aromatic heterocycles. The number of carbonyl (C=O) groups is 1. The smallest absolute Gasteiger partial charge is 0.174 e. The summed E-state index contributed by atoms with van der Waals surface area (Å²) in [5, 5.41) is 11.8. The van der Waals surface area contributed by atoms with Crippen LogP contribution >= 0.6 is 0 Å². The molecule has 0 radical (unpaired) electrons. The van der Waals surface area contributed by atoms with Crippen LogP contribution in [0.4, 0.5) is 0 Å². The van der Waals surface area contributed by atoms with E-state index >= 15 is 0 Å². The number of likely N-dealkylation sites (tertiary alicyclic amines) is 1. The van der Waals surface area contributed by atoms with E-state index in [0.29, 0.717) is 30.2 Å². The first kappa shape index (κ1) is 24.6. The summed E-state index contributed by atoms with van der Waals surface area (Å²) in [6, 6.07) is 12.8. The Hall–Kier alpha value is -2.41. The molecule has 38 heavy (non-hydrogen) atoms. The number of hydrogen-bond donors (Lipinski definition) is 1. The van der Waals surface area contributed by atoms with Crippen molar-refractivity contribution >= 4 is 5.78 Å². The van der Waals surface area contributed by atoms with Crippen LogP contribution in [0.1, 0.15) is 74.1 Å². The predicted molar refractivity (Wildman–Crippen MR) is 144 cm³/mol. The van der Waals surface area contributed by atoms with Crippen LogP contribution in [0.2, 0.25) is 0 Å². The summed E-state index contributed by atoms with van der Waals surface area (Å²) in [5.41, 5.74) is 3.29. The number of phenolic OH excluding ortho intramolecular Hbond substituents is 1. The minimum atomic E-state index is -0.641. The molecule has 0 amide bonds. The van der Waals surface area contributed by atoms with Gasteiger partial charge in [-0.3, -0.25) is 9.69 Å². The minimum absolute atomic E-state index is 0.142. The molecule has 7 rings (SSSR count). The van der Waals surface area contributed by atoms with Gasteiger partial charge in [0.15, 0.2) is 23.4 Å². The highest BCUT2D eigenvalue weighted by Gasteiger charge is 2.66. The lowest BCUT2D eigenvalue weighted by Crippen LogP contribution is -2.66. The summed E-state index contributed by atoms with van der Waals surface area (Å²) >= 11 is 0. The molecule has 1 saturated carbocycles. The first-order valence-corrected chi connectivity index (χ1v) is 14.4. The summed E-state index contributed by atoms with van der Waals surface area (Å²) in [4.78, 5) is 16.0. The molecule has 1 N–H and O–H groups in total. The quantitative estimate of drug-likeness (QED) is 0.591. The molecule has 5 aliphatic rings. The van der Waals surface area contributed by atoms with E-state index in [-0.39, 0.29) is 22.9 Å². The first-order valence-electron chi connectivity index (χ1n) is 14.4. The second kappa shape index (κ2) is 8.80. The summed E-state index contributed by atoms with van der Waals surface area (Å²) in [6.07, 6.45) is 5.38. The Morgan fingerprint density at radius 1 is 1.26 bits per heavy atom. The third-order valence-corrected chi connectivity index (χ3v) is 10.9. The van der Waals surface area contributed by atoms with Gasteiger partial charge >= 0.3 is 0 Å². The average Bonchev–Trinajstić information content (AvgIpc) is 3.58. The maximum atomic E-state index is 13.3. The number of piperidine rings is 1. The van der Waals surface area contributed by atoms with Gasteiger partial charge < -0.3 is 19.3 Å². The van der Waals surface area contributed by atoms with E-state index in [0.717, 1.165) is 68.5 Å². The fraction of sp³-hybridized carbons (Fsp3) is 0.594. The van der Waals surface area contributed by atoms with Crippen LogP contribution in [0.25, 0.3) is 0 Å². The number of carbonyl (C=O) groups excluding carboxylic acids is 1. The van der Waals surface area contributed by atoms with Crippen LogP contribution in [0.5, 0.6) is 11.5 Å². The molecule has 6 nitrogen and oxygen atoms in total. The fourth-order valence-electron chi connectivity index (χ4n) is 8.72. The third-order valence-electron chi connectivity index (χ3n) is 10.9. The second-order valence-corrected chi connectivity index (χ2v) is 12.4. The summed E-state index contributed by atoms with van der Waals surface area (Å²) < 4.78 is 18.7. The van der Waals surface area contributed by atoms with Crippen molar-refractivity contribution in [3.05, 3.63) is 58.7 Å². The van der Waals surface area contributed by atoms with Gasteiger partial charge in [-0.2, -0.15) is 0 Å². The maximum absolute atomic E-state index is 13.3. The molecule has 2 saturated heterocycles. The zero-order chi connectivity index (χ0) is 26.2. The highest BCUT2D eigenvalue weighted by atomic mass is 16.5. The van der Waals surface area contributed by atoms with Crippen molar-refractivity contribution in [1.82, 2.24) is 4.90 Å². The lowest BCUT2D eigenvalue weighted by molar-refractivity contribution is -0.139. The molecule has 3 heterocycles. The van der Waals surface area contributed by atoms with E-state index in [1.165, 1.54) is 5.56 Å². The third kappa shape index (κ3) is 3.26. The van der Waals surface area contributed by atoms with Crippen molar-refractivity contribution in [3.8, 4) is 11.5 Å². The highest BCUT2D eigenvalue weighted by molar-refractivity contribution is 5.89. The SMILES string of the molecule is COC(C)(c1ccccc1)C(C)c1cc2c3c(c1O)OC1C(=O)CC[C@H]4[C@@H](C2)N(CC2CCCO2)CC[C@]314. The van der Waals surface area contributed by atoms with Gasteiger partial charge in [-0.15, -0.1) is 0 Å². The molecular formula is C32H39NO5. The topological polar surface area (TPSA) is 68.2 Å². The molecule has 7 atom stereocenters. The molecule has 2 aromatic rings. The highest BCUT2D eigenvalue weighted by Crippen LogP contribution is 2.64. The number of phenols is 1. The van der Waals surface area contributed by atoms with Crippen LogP contribution in [-0.4, -0.2) is 60.8 Å². The van der Waals surface area contributed by atoms with Crippen LogP contribution in [0.15, 0.2) is 36.4 Å². The Morgan fingerprint density at radius 2 is 2.08 bits per heavy atom. The number of Topliss-reactive ketones (excluding diaryl/α,β-unsaturated/α-hetero) is 1. The number of hydrogen-bond acceptors (Lipinski definition) is 6. The molecule has 4 unspecified atom stereocenters. The first-order chi connectivity index (χ1) is 18.4. The van der Waals surface area contributed by atoms with E-state index in [1.54, 1.807) is 7.11 Å². The van der Waals surface area contributed by atoms with Crippen LogP contribution in [0.3, 0.4) is 0 Å². The van der Waals surface area contributed by atoms with Gasteiger partial charge in [-0.25, -0.2) is 0 Å². The number of ether oxygens (including phenoxy) is 3. The molecule has 2 aromatic carbocycles. The number of aromatic hydroxyl groups is 1. The molecule has 3 fully saturated rings. The van der Waals surface area contributed by atoms with Gasteiger partial charge in [-0.1, -0.05) is 43.3 Å². The molecular weight excluding hydrogens is 478 g/mol. The fourth-order valence-corrected chi connectivity index (χ4v) is 8.72. The average molecular weight is 518 g/mol. The number of ketones is 1. The number of benzene rings is 2. The van der Waals surface area contributed by atoms with Crippen LogP contribution in [-0.2, 0) is 31.7 Å². The Kier molecular flexibility index (Phi) is 5.70. The Bertz CT molecular complexity index is 1260. The van der Waals surface area contributed by atoms with Gasteiger partial charge in [0.1, 0.15) is 0 Å². The molecule has 2 aliphatic carbocycles. The van der Waals surface area contributed by atoms with Crippen molar-refractivity contribution in [2.75, 3.05) is 26.8 Å². The van der Waals surface area contributed by atoms with Crippen molar-refractivity contribution < 1.29 is 24.1 Å². The normalized spacial score (nSPS) is 33.9. The monoisotopic (exact) mass is 517 g/mol. The second-order valence-electron chi connectivity index (χ2n) is 12.4. The minimum Gasteiger partial charge on any atom is -0.504 e. The Balaban J connectivity index is 1.34. The summed E-state index contributed by atoms with van der Waals surface area (Å²) in [5.74, 6) is 1.16. The van der Waals surface area contributed by atoms with Crippen LogP contribution < -0.4 is 4.74 Å². The van der Waals surface area contributed by atoms with Gasteiger partial charge in [0.25, 0.3) is 0 Å². The Labute approximate surface area is 225 Å². The van der Waals surface area contributed by atoms with E-state index < -0.39 is 11.7 Å². The van der Waals surface area contributed by atoms with Gasteiger partial charge in [-0.05, 0) is 62.6 Å². The molecule has 2 bridgehead atoms. The van der Waals surface area contributed by atoms with Crippen molar-refractivity contribution in [2.45, 2.75) is 87.6 Å².